The van der Waals surface area contributed by atoms with Gasteiger partial charge in [0.25, 0.3) is 0 Å². The second kappa shape index (κ2) is 6.87. The molecule has 0 spiro atoms. The van der Waals surface area contributed by atoms with Gasteiger partial charge in [0.2, 0.25) is 0 Å². The van der Waals surface area contributed by atoms with Gasteiger partial charge in [0.15, 0.2) is 0 Å². The third-order valence-corrected chi connectivity index (χ3v) is 3.39. The normalized spacial score (nSPS) is 11.7. The maximum absolute atomic E-state index is 14.0. The number of hydrogen-bond donors (Lipinski definition) is 1. The van der Waals surface area contributed by atoms with Crippen LogP contribution in [-0.2, 0) is 6.54 Å². The van der Waals surface area contributed by atoms with Crippen molar-refractivity contribution < 1.29 is 9.13 Å². The molecule has 2 aromatic rings. The van der Waals surface area contributed by atoms with E-state index in [0.29, 0.717) is 12.1 Å². The Morgan fingerprint density at radius 2 is 2.05 bits per heavy atom. The van der Waals surface area contributed by atoms with Crippen LogP contribution in [0.25, 0.3) is 0 Å². The van der Waals surface area contributed by atoms with Crippen LogP contribution in [0.5, 0.6) is 5.75 Å². The summed E-state index contributed by atoms with van der Waals surface area (Å²) in [5.41, 5.74) is 1.62. The Bertz CT molecular complexity index is 664. The number of halogens is 1. The van der Waals surface area contributed by atoms with Gasteiger partial charge in [-0.3, -0.25) is 0 Å². The van der Waals surface area contributed by atoms with Gasteiger partial charge in [-0.2, -0.15) is 5.26 Å². The number of nitrogens with one attached hydrogen (secondary N) is 1. The third-order valence-electron chi connectivity index (χ3n) is 3.39. The predicted octanol–water partition coefficient (Wildman–Crippen LogP) is 3.56. The first-order valence-corrected chi connectivity index (χ1v) is 6.70. The second-order valence-electron chi connectivity index (χ2n) is 4.77. The lowest BCUT2D eigenvalue weighted by atomic mass is 10.1. The predicted molar refractivity (Wildman–Crippen MR) is 79.4 cm³/mol. The van der Waals surface area contributed by atoms with Gasteiger partial charge in [0.1, 0.15) is 17.6 Å². The zero-order valence-corrected chi connectivity index (χ0v) is 12.1. The van der Waals surface area contributed by atoms with Crippen molar-refractivity contribution in [2.45, 2.75) is 19.5 Å². The molecule has 0 fully saturated rings. The molecule has 3 nitrogen and oxygen atoms in total. The van der Waals surface area contributed by atoms with Gasteiger partial charge >= 0.3 is 0 Å². The summed E-state index contributed by atoms with van der Waals surface area (Å²) in [4.78, 5) is 0. The van der Waals surface area contributed by atoms with E-state index in [9.17, 15) is 4.39 Å². The molecule has 0 bridgehead atoms. The van der Waals surface area contributed by atoms with Crippen molar-refractivity contribution in [2.24, 2.45) is 0 Å². The van der Waals surface area contributed by atoms with Gasteiger partial charge in [0, 0.05) is 18.2 Å². The molecule has 21 heavy (non-hydrogen) atoms. The summed E-state index contributed by atoms with van der Waals surface area (Å²) >= 11 is 0. The van der Waals surface area contributed by atoms with Crippen molar-refractivity contribution in [3.63, 3.8) is 0 Å². The number of nitrogens with zero attached hydrogens (tertiary/aromatic N) is 1. The highest BCUT2D eigenvalue weighted by atomic mass is 19.1. The molecular formula is C17H17FN2O. The van der Waals surface area contributed by atoms with Crippen LogP contribution in [0.15, 0.2) is 42.5 Å². The summed E-state index contributed by atoms with van der Waals surface area (Å²) in [7, 11) is 1.62. The molecule has 0 amide bonds. The van der Waals surface area contributed by atoms with Gasteiger partial charge in [-0.05, 0) is 30.7 Å². The maximum Gasteiger partial charge on any atom is 0.145 e. The van der Waals surface area contributed by atoms with Crippen LogP contribution in [0.2, 0.25) is 0 Å². The average Bonchev–Trinajstić information content (AvgIpc) is 2.53. The second-order valence-corrected chi connectivity index (χ2v) is 4.77. The molecule has 0 aliphatic rings. The summed E-state index contributed by atoms with van der Waals surface area (Å²) in [6, 6.07) is 14.5. The summed E-state index contributed by atoms with van der Waals surface area (Å²) in [5, 5.41) is 12.1. The summed E-state index contributed by atoms with van der Waals surface area (Å²) in [6.07, 6.45) is 0. The topological polar surface area (TPSA) is 45.0 Å². The molecule has 0 saturated heterocycles. The standard InChI is InChI=1S/C17H17FN2O/c1-12(13-5-4-8-16(9-13)21-2)20-11-15-7-3-6-14(10-19)17(15)18/h3-9,12,20H,11H2,1-2H3/t12-/m0/s1. The summed E-state index contributed by atoms with van der Waals surface area (Å²) < 4.78 is 19.2. The zero-order chi connectivity index (χ0) is 15.2. The molecule has 2 rings (SSSR count). The molecular weight excluding hydrogens is 267 g/mol. The largest absolute Gasteiger partial charge is 0.497 e. The molecule has 0 heterocycles. The van der Waals surface area contributed by atoms with Gasteiger partial charge in [-0.25, -0.2) is 4.39 Å². The average molecular weight is 284 g/mol. The van der Waals surface area contributed by atoms with Gasteiger partial charge < -0.3 is 10.1 Å². The highest BCUT2D eigenvalue weighted by molar-refractivity contribution is 5.35. The molecule has 4 heteroatoms. The van der Waals surface area contributed by atoms with Crippen LogP contribution in [0.3, 0.4) is 0 Å². The third kappa shape index (κ3) is 3.59. The summed E-state index contributed by atoms with van der Waals surface area (Å²) in [5.74, 6) is 0.337. The van der Waals surface area contributed by atoms with Crippen molar-refractivity contribution in [1.29, 1.82) is 5.26 Å². The van der Waals surface area contributed by atoms with Crippen molar-refractivity contribution >= 4 is 0 Å². The Morgan fingerprint density at radius 3 is 2.76 bits per heavy atom. The van der Waals surface area contributed by atoms with E-state index in [4.69, 9.17) is 10.00 Å². The van der Waals surface area contributed by atoms with Crippen LogP contribution in [0.1, 0.15) is 29.7 Å². The zero-order valence-electron chi connectivity index (χ0n) is 12.1. The van der Waals surface area contributed by atoms with Gasteiger partial charge in [-0.15, -0.1) is 0 Å². The smallest absolute Gasteiger partial charge is 0.145 e. The van der Waals surface area contributed by atoms with Crippen LogP contribution in [0.4, 0.5) is 4.39 Å². The van der Waals surface area contributed by atoms with E-state index in [2.05, 4.69) is 5.32 Å². The Labute approximate surface area is 124 Å². The minimum atomic E-state index is -0.453. The van der Waals surface area contributed by atoms with Crippen LogP contribution in [0, 0.1) is 17.1 Å². The molecule has 0 unspecified atom stereocenters. The quantitative estimate of drug-likeness (QED) is 0.913. The van der Waals surface area contributed by atoms with E-state index in [-0.39, 0.29) is 11.6 Å². The fraction of sp³-hybridized carbons (Fsp3) is 0.235. The fourth-order valence-corrected chi connectivity index (χ4v) is 2.09. The maximum atomic E-state index is 14.0. The highest BCUT2D eigenvalue weighted by Crippen LogP contribution is 2.20. The number of ether oxygens (including phenoxy) is 1. The molecule has 0 saturated carbocycles. The first-order valence-electron chi connectivity index (χ1n) is 6.70. The SMILES string of the molecule is COc1cccc([C@H](C)NCc2cccc(C#N)c2F)c1. The highest BCUT2D eigenvalue weighted by Gasteiger charge is 2.10. The van der Waals surface area contributed by atoms with Gasteiger partial charge in [-0.1, -0.05) is 24.3 Å². The molecule has 1 atom stereocenters. The first-order chi connectivity index (χ1) is 10.2. The lowest BCUT2D eigenvalue weighted by Crippen LogP contribution is -2.19. The molecule has 0 aliphatic carbocycles. The molecule has 108 valence electrons. The molecule has 0 radical (unpaired) electrons. The molecule has 1 N–H and O–H groups in total. The van der Waals surface area contributed by atoms with E-state index < -0.39 is 5.82 Å². The van der Waals surface area contributed by atoms with E-state index in [0.717, 1.165) is 11.3 Å². The number of rotatable bonds is 5. The molecule has 0 aromatic heterocycles. The van der Waals surface area contributed by atoms with E-state index in [1.165, 1.54) is 6.07 Å². The van der Waals surface area contributed by atoms with Gasteiger partial charge in [0.05, 0.1) is 12.7 Å². The molecule has 0 aliphatic heterocycles. The summed E-state index contributed by atoms with van der Waals surface area (Å²) in [6.45, 7) is 2.36. The van der Waals surface area contributed by atoms with Crippen molar-refractivity contribution in [3.8, 4) is 11.8 Å². The Kier molecular flexibility index (Phi) is 4.91. The number of hydrogen-bond acceptors (Lipinski definition) is 3. The lowest BCUT2D eigenvalue weighted by Gasteiger charge is -2.15. The first kappa shape index (κ1) is 15.0. The fourth-order valence-electron chi connectivity index (χ4n) is 2.09. The van der Waals surface area contributed by atoms with Crippen LogP contribution < -0.4 is 10.1 Å². The van der Waals surface area contributed by atoms with Crippen LogP contribution in [-0.4, -0.2) is 7.11 Å². The minimum Gasteiger partial charge on any atom is -0.497 e. The Balaban J connectivity index is 2.07. The van der Waals surface area contributed by atoms with Crippen LogP contribution >= 0.6 is 0 Å². The Morgan fingerprint density at radius 1 is 1.29 bits per heavy atom. The molecule has 2 aromatic carbocycles. The number of methoxy groups -OCH3 is 1. The lowest BCUT2D eigenvalue weighted by molar-refractivity contribution is 0.413. The van der Waals surface area contributed by atoms with Crippen molar-refractivity contribution in [1.82, 2.24) is 5.32 Å². The van der Waals surface area contributed by atoms with Crippen molar-refractivity contribution in [2.75, 3.05) is 7.11 Å². The number of benzene rings is 2. The number of nitriles is 1. The minimum absolute atomic E-state index is 0.0465. The van der Waals surface area contributed by atoms with E-state index in [1.807, 2.05) is 37.3 Å². The van der Waals surface area contributed by atoms with Crippen molar-refractivity contribution in [3.05, 3.63) is 65.0 Å². The monoisotopic (exact) mass is 284 g/mol. The van der Waals surface area contributed by atoms with E-state index >= 15 is 0 Å². The Hall–Kier alpha value is -2.38. The van der Waals surface area contributed by atoms with E-state index in [1.54, 1.807) is 19.2 Å².